The minimum Gasteiger partial charge on any atom is -0.417 e. The van der Waals surface area contributed by atoms with E-state index >= 15 is 0 Å². The Morgan fingerprint density at radius 1 is 1.08 bits per heavy atom. The van der Waals surface area contributed by atoms with Crippen LogP contribution in [0.4, 0.5) is 0 Å². The maximum absolute atomic E-state index is 12.7. The van der Waals surface area contributed by atoms with E-state index in [9.17, 15) is 8.42 Å². The molecular weight excluding hydrogens is 350 g/mol. The van der Waals surface area contributed by atoms with Crippen LogP contribution in [-0.4, -0.2) is 41.7 Å². The number of hydrogen-bond donors (Lipinski definition) is 0. The maximum Gasteiger partial charge on any atom is 0.220 e. The van der Waals surface area contributed by atoms with E-state index in [2.05, 4.69) is 33.9 Å². The lowest BCUT2D eigenvalue weighted by Crippen LogP contribution is -2.40. The summed E-state index contributed by atoms with van der Waals surface area (Å²) in [6, 6.07) is 9.51. The predicted octanol–water partition coefficient (Wildman–Crippen LogP) is 4.81. The molecule has 6 heteroatoms. The van der Waals surface area contributed by atoms with Crippen LogP contribution in [0.1, 0.15) is 50.8 Å². The summed E-state index contributed by atoms with van der Waals surface area (Å²) in [6.07, 6.45) is 2.34. The Kier molecular flexibility index (Phi) is 7.86. The van der Waals surface area contributed by atoms with Gasteiger partial charge in [-0.2, -0.15) is 0 Å². The van der Waals surface area contributed by atoms with Gasteiger partial charge in [-0.25, -0.2) is 12.7 Å². The van der Waals surface area contributed by atoms with Crippen LogP contribution in [-0.2, 0) is 14.4 Å². The van der Waals surface area contributed by atoms with E-state index in [0.29, 0.717) is 13.0 Å². The van der Waals surface area contributed by atoms with Crippen molar-refractivity contribution in [3.63, 3.8) is 0 Å². The Hall–Kier alpha value is -0.693. The van der Waals surface area contributed by atoms with Gasteiger partial charge < -0.3 is 4.43 Å². The van der Waals surface area contributed by atoms with Crippen molar-refractivity contribution in [1.29, 1.82) is 0 Å². The predicted molar refractivity (Wildman–Crippen MR) is 109 cm³/mol. The molecule has 0 radical (unpaired) electrons. The minimum absolute atomic E-state index is 0.202. The number of nitrogens with zero attached hydrogens (tertiary/aromatic N) is 1. The summed E-state index contributed by atoms with van der Waals surface area (Å²) in [5.74, 6) is 0. The molecule has 0 saturated heterocycles. The molecule has 1 rings (SSSR count). The first-order valence-corrected chi connectivity index (χ1v) is 13.4. The summed E-state index contributed by atoms with van der Waals surface area (Å²) < 4.78 is 32.9. The Morgan fingerprint density at radius 2 is 1.64 bits per heavy atom. The van der Waals surface area contributed by atoms with Gasteiger partial charge in [-0.15, -0.1) is 0 Å². The molecule has 0 amide bonds. The fraction of sp³-hybridized carbons (Fsp3) is 0.684. The second-order valence-electron chi connectivity index (χ2n) is 8.33. The minimum atomic E-state index is -3.33. The Morgan fingerprint density at radius 3 is 2.12 bits per heavy atom. The van der Waals surface area contributed by atoms with Crippen molar-refractivity contribution < 1.29 is 12.8 Å². The number of benzene rings is 1. The molecule has 0 fully saturated rings. The second-order valence-corrected chi connectivity index (χ2v) is 15.5. The Labute approximate surface area is 155 Å². The molecule has 0 unspecified atom stereocenters. The van der Waals surface area contributed by atoms with Crippen LogP contribution in [0.15, 0.2) is 30.3 Å². The van der Waals surface area contributed by atoms with Crippen LogP contribution in [0.5, 0.6) is 0 Å². The Balaban J connectivity index is 2.67. The second kappa shape index (κ2) is 8.80. The summed E-state index contributed by atoms with van der Waals surface area (Å²) >= 11 is 0. The number of hydrogen-bond acceptors (Lipinski definition) is 3. The van der Waals surface area contributed by atoms with E-state index in [1.807, 2.05) is 30.3 Å². The van der Waals surface area contributed by atoms with Gasteiger partial charge in [-0.05, 0) is 43.0 Å². The molecule has 0 aromatic heterocycles. The number of rotatable bonds is 9. The van der Waals surface area contributed by atoms with Gasteiger partial charge in [0.15, 0.2) is 8.32 Å². The molecule has 0 bridgehead atoms. The fourth-order valence-corrected chi connectivity index (χ4v) is 4.95. The molecule has 144 valence electrons. The average Bonchev–Trinajstić information content (AvgIpc) is 2.50. The van der Waals surface area contributed by atoms with Crippen molar-refractivity contribution in [2.45, 2.75) is 63.4 Å². The third-order valence-corrected chi connectivity index (χ3v) is 12.0. The summed E-state index contributed by atoms with van der Waals surface area (Å²) in [5.41, 5.74) is 0.863. The van der Waals surface area contributed by atoms with Crippen LogP contribution < -0.4 is 0 Å². The third-order valence-electron chi connectivity index (χ3n) is 5.17. The van der Waals surface area contributed by atoms with Gasteiger partial charge in [0.2, 0.25) is 10.0 Å². The highest BCUT2D eigenvalue weighted by Gasteiger charge is 2.37. The SMILES string of the molecule is CN(C)S(=O)(=O)[C@H](CCCCO[Si](C)(C)C(C)(C)C)c1ccccc1. The van der Waals surface area contributed by atoms with E-state index < -0.39 is 23.6 Å². The molecule has 0 saturated carbocycles. The van der Waals surface area contributed by atoms with E-state index in [1.165, 1.54) is 4.31 Å². The highest BCUT2D eigenvalue weighted by atomic mass is 32.2. The van der Waals surface area contributed by atoms with Crippen LogP contribution in [0.25, 0.3) is 0 Å². The standard InChI is InChI=1S/C19H35NO3SSi/c1-19(2,3)25(6,7)23-16-12-11-15-18(24(21,22)20(4)5)17-13-9-8-10-14-17/h8-10,13-14,18H,11-12,15-16H2,1-7H3/t18-/m1/s1. The zero-order valence-corrected chi connectivity index (χ0v) is 18.7. The monoisotopic (exact) mass is 385 g/mol. The first kappa shape index (κ1) is 22.3. The normalized spacial score (nSPS) is 14.7. The average molecular weight is 386 g/mol. The zero-order valence-electron chi connectivity index (χ0n) is 16.9. The summed E-state index contributed by atoms with van der Waals surface area (Å²) in [7, 11) is -1.85. The topological polar surface area (TPSA) is 46.6 Å². The van der Waals surface area contributed by atoms with Crippen molar-refractivity contribution in [3.8, 4) is 0 Å². The van der Waals surface area contributed by atoms with Gasteiger partial charge in [0.1, 0.15) is 5.25 Å². The van der Waals surface area contributed by atoms with Crippen molar-refractivity contribution in [1.82, 2.24) is 4.31 Å². The summed E-state index contributed by atoms with van der Waals surface area (Å²) in [4.78, 5) is 0. The largest absolute Gasteiger partial charge is 0.417 e. The van der Waals surface area contributed by atoms with Gasteiger partial charge in [0.05, 0.1) is 0 Å². The maximum atomic E-state index is 12.7. The molecule has 1 aromatic carbocycles. The summed E-state index contributed by atoms with van der Waals surface area (Å²) in [6.45, 7) is 11.9. The van der Waals surface area contributed by atoms with Crippen molar-refractivity contribution in [3.05, 3.63) is 35.9 Å². The lowest BCUT2D eigenvalue weighted by Gasteiger charge is -2.36. The lowest BCUT2D eigenvalue weighted by atomic mass is 10.1. The van der Waals surface area contributed by atoms with Crippen molar-refractivity contribution in [2.75, 3.05) is 20.7 Å². The number of sulfonamides is 1. The van der Waals surface area contributed by atoms with Gasteiger partial charge >= 0.3 is 0 Å². The van der Waals surface area contributed by atoms with Gasteiger partial charge in [0.25, 0.3) is 0 Å². The zero-order chi connectivity index (χ0) is 19.3. The molecule has 0 aliphatic carbocycles. The molecular formula is C19H35NO3SSi. The molecule has 25 heavy (non-hydrogen) atoms. The van der Waals surface area contributed by atoms with Gasteiger partial charge in [0, 0.05) is 20.7 Å². The third kappa shape index (κ3) is 6.20. The van der Waals surface area contributed by atoms with Crippen LogP contribution in [0.3, 0.4) is 0 Å². The quantitative estimate of drug-likeness (QED) is 0.452. The van der Waals surface area contributed by atoms with E-state index in [0.717, 1.165) is 18.4 Å². The van der Waals surface area contributed by atoms with Gasteiger partial charge in [-0.1, -0.05) is 51.1 Å². The van der Waals surface area contributed by atoms with Crippen LogP contribution >= 0.6 is 0 Å². The molecule has 4 nitrogen and oxygen atoms in total. The molecule has 0 heterocycles. The van der Waals surface area contributed by atoms with Crippen LogP contribution in [0.2, 0.25) is 18.1 Å². The fourth-order valence-electron chi connectivity index (χ4n) is 2.39. The first-order valence-electron chi connectivity index (χ1n) is 9.00. The molecule has 1 aromatic rings. The van der Waals surface area contributed by atoms with Crippen molar-refractivity contribution in [2.24, 2.45) is 0 Å². The lowest BCUT2D eigenvalue weighted by molar-refractivity contribution is 0.277. The molecule has 0 N–H and O–H groups in total. The summed E-state index contributed by atoms with van der Waals surface area (Å²) in [5, 5.41) is -0.287. The molecule has 0 spiro atoms. The molecule has 0 aliphatic rings. The number of unbranched alkanes of at least 4 members (excludes halogenated alkanes) is 1. The first-order chi connectivity index (χ1) is 11.4. The smallest absolute Gasteiger partial charge is 0.220 e. The van der Waals surface area contributed by atoms with Crippen LogP contribution in [0, 0.1) is 0 Å². The van der Waals surface area contributed by atoms with Gasteiger partial charge in [-0.3, -0.25) is 0 Å². The van der Waals surface area contributed by atoms with E-state index in [-0.39, 0.29) is 5.04 Å². The van der Waals surface area contributed by atoms with Crippen molar-refractivity contribution >= 4 is 18.3 Å². The van der Waals surface area contributed by atoms with E-state index in [1.54, 1.807) is 14.1 Å². The Bertz CT molecular complexity index is 622. The highest BCUT2D eigenvalue weighted by Crippen LogP contribution is 2.36. The highest BCUT2D eigenvalue weighted by molar-refractivity contribution is 7.89. The van der Waals surface area contributed by atoms with E-state index in [4.69, 9.17) is 4.43 Å². The molecule has 1 atom stereocenters. The molecule has 0 aliphatic heterocycles.